The summed E-state index contributed by atoms with van der Waals surface area (Å²) in [4.78, 5) is 22.9. The van der Waals surface area contributed by atoms with Crippen molar-refractivity contribution in [1.82, 2.24) is 0 Å². The molecule has 5 nitrogen and oxygen atoms in total. The molecule has 0 aromatic heterocycles. The second-order valence-electron chi connectivity index (χ2n) is 9.80. The molecule has 5 heteroatoms. The van der Waals surface area contributed by atoms with Gasteiger partial charge in [0, 0.05) is 18.1 Å². The number of fused-ring (bicyclic) bond motifs is 2. The first-order chi connectivity index (χ1) is 19.6. The molecule has 0 bridgehead atoms. The standard InChI is InChI=1S/C19H18O3.C16H14O2/c1-21-19(20)12-16-8-7-15-11-17(9-10-18(15)16)22-13-14-5-3-2-4-6-14;17-16-9-6-13-10-14(7-8-15(13)16)18-11-12-4-2-1-3-5-12/h2-6,9-12H,7-8,13H2,1H3;1-5,7-8,10H,6,9,11H2. The molecule has 0 fully saturated rings. The zero-order valence-electron chi connectivity index (χ0n) is 22.6. The monoisotopic (exact) mass is 532 g/mol. The van der Waals surface area contributed by atoms with Crippen LogP contribution >= 0.6 is 0 Å². The fourth-order valence-corrected chi connectivity index (χ4v) is 4.94. The molecule has 4 aromatic carbocycles. The lowest BCUT2D eigenvalue weighted by Gasteiger charge is -2.08. The number of esters is 1. The Labute approximate surface area is 235 Å². The smallest absolute Gasteiger partial charge is 0.330 e. The third-order valence-electron chi connectivity index (χ3n) is 7.07. The summed E-state index contributed by atoms with van der Waals surface area (Å²) in [6.45, 7) is 1.12. The van der Waals surface area contributed by atoms with Crippen molar-refractivity contribution in [1.29, 1.82) is 0 Å². The maximum absolute atomic E-state index is 11.5. The van der Waals surface area contributed by atoms with Crippen LogP contribution in [0.1, 0.15) is 51.0 Å². The van der Waals surface area contributed by atoms with E-state index >= 15 is 0 Å². The molecule has 0 unspecified atom stereocenters. The average molecular weight is 533 g/mol. The second-order valence-corrected chi connectivity index (χ2v) is 9.80. The van der Waals surface area contributed by atoms with E-state index in [0.717, 1.165) is 64.2 Å². The number of rotatable bonds is 7. The molecule has 2 aliphatic rings. The van der Waals surface area contributed by atoms with Gasteiger partial charge in [0.2, 0.25) is 0 Å². The summed E-state index contributed by atoms with van der Waals surface area (Å²) in [6, 6.07) is 32.0. The number of allylic oxidation sites excluding steroid dienone is 1. The topological polar surface area (TPSA) is 61.8 Å². The van der Waals surface area contributed by atoms with Gasteiger partial charge in [-0.25, -0.2) is 4.79 Å². The quantitative estimate of drug-likeness (QED) is 0.187. The van der Waals surface area contributed by atoms with E-state index in [1.165, 1.54) is 12.7 Å². The van der Waals surface area contributed by atoms with Gasteiger partial charge in [0.15, 0.2) is 5.78 Å². The maximum Gasteiger partial charge on any atom is 0.330 e. The summed E-state index contributed by atoms with van der Waals surface area (Å²) < 4.78 is 16.3. The van der Waals surface area contributed by atoms with Gasteiger partial charge in [-0.05, 0) is 83.0 Å². The first kappa shape index (κ1) is 26.9. The van der Waals surface area contributed by atoms with Crippen LogP contribution in [0.25, 0.3) is 5.57 Å². The Bertz CT molecular complexity index is 1510. The van der Waals surface area contributed by atoms with Crippen LogP contribution in [-0.4, -0.2) is 18.9 Å². The van der Waals surface area contributed by atoms with Crippen molar-refractivity contribution in [2.75, 3.05) is 7.11 Å². The molecule has 40 heavy (non-hydrogen) atoms. The maximum atomic E-state index is 11.5. The molecule has 2 aliphatic carbocycles. The lowest BCUT2D eigenvalue weighted by Crippen LogP contribution is -1.97. The van der Waals surface area contributed by atoms with Crippen LogP contribution in [0.15, 0.2) is 103 Å². The van der Waals surface area contributed by atoms with Gasteiger partial charge >= 0.3 is 5.97 Å². The third-order valence-corrected chi connectivity index (χ3v) is 7.07. The lowest BCUT2D eigenvalue weighted by molar-refractivity contribution is -0.134. The van der Waals surface area contributed by atoms with E-state index in [-0.39, 0.29) is 11.8 Å². The number of benzene rings is 4. The average Bonchev–Trinajstić information content (AvgIpc) is 3.58. The predicted octanol–water partition coefficient (Wildman–Crippen LogP) is 7.16. The Hall–Kier alpha value is -4.64. The molecule has 0 heterocycles. The van der Waals surface area contributed by atoms with Crippen LogP contribution in [-0.2, 0) is 35.6 Å². The summed E-state index contributed by atoms with van der Waals surface area (Å²) in [7, 11) is 1.40. The van der Waals surface area contributed by atoms with Crippen LogP contribution in [0.2, 0.25) is 0 Å². The van der Waals surface area contributed by atoms with Crippen molar-refractivity contribution in [2.45, 2.75) is 38.9 Å². The number of methoxy groups -OCH3 is 1. The van der Waals surface area contributed by atoms with Crippen molar-refractivity contribution in [3.63, 3.8) is 0 Å². The van der Waals surface area contributed by atoms with Crippen molar-refractivity contribution in [3.05, 3.63) is 137 Å². The largest absolute Gasteiger partial charge is 0.489 e. The molecule has 0 atom stereocenters. The van der Waals surface area contributed by atoms with E-state index in [0.29, 0.717) is 19.6 Å². The van der Waals surface area contributed by atoms with Gasteiger partial charge in [0.25, 0.3) is 0 Å². The highest BCUT2D eigenvalue weighted by molar-refractivity contribution is 6.00. The molecule has 0 saturated carbocycles. The van der Waals surface area contributed by atoms with Crippen LogP contribution in [0.3, 0.4) is 0 Å². The number of ether oxygens (including phenoxy) is 3. The van der Waals surface area contributed by atoms with E-state index < -0.39 is 0 Å². The number of Topliss-reactive ketones (excluding diaryl/α,β-unsaturated/α-hetero) is 1. The molecular weight excluding hydrogens is 500 g/mol. The lowest BCUT2D eigenvalue weighted by atomic mass is 10.1. The normalized spacial score (nSPS) is 14.1. The van der Waals surface area contributed by atoms with E-state index in [4.69, 9.17) is 14.2 Å². The summed E-state index contributed by atoms with van der Waals surface area (Å²) in [5.74, 6) is 1.65. The Morgan fingerprint density at radius 2 is 1.20 bits per heavy atom. The van der Waals surface area contributed by atoms with Gasteiger partial charge in [-0.1, -0.05) is 66.7 Å². The summed E-state index contributed by atoms with van der Waals surface area (Å²) in [6.07, 6.45) is 4.86. The Kier molecular flexibility index (Phi) is 8.72. The van der Waals surface area contributed by atoms with Crippen LogP contribution < -0.4 is 9.47 Å². The van der Waals surface area contributed by atoms with Crippen molar-refractivity contribution in [2.24, 2.45) is 0 Å². The Morgan fingerprint density at radius 3 is 1.77 bits per heavy atom. The zero-order valence-corrected chi connectivity index (χ0v) is 22.6. The minimum absolute atomic E-state index is 0.250. The van der Waals surface area contributed by atoms with Crippen molar-refractivity contribution >= 4 is 17.3 Å². The SMILES string of the molecule is COC(=O)C=C1CCc2cc(OCc3ccccc3)ccc21.O=C1CCc2cc(OCc3ccccc3)ccc21. The Morgan fingerprint density at radius 1 is 0.675 bits per heavy atom. The highest BCUT2D eigenvalue weighted by atomic mass is 16.5. The fourth-order valence-electron chi connectivity index (χ4n) is 4.94. The molecule has 0 radical (unpaired) electrons. The number of hydrogen-bond donors (Lipinski definition) is 0. The second kappa shape index (κ2) is 12.9. The molecule has 6 rings (SSSR count). The third kappa shape index (κ3) is 6.86. The molecule has 202 valence electrons. The number of carbonyl (C=O) groups is 2. The van der Waals surface area contributed by atoms with E-state index in [1.807, 2.05) is 91.0 Å². The van der Waals surface area contributed by atoms with Gasteiger partial charge in [-0.15, -0.1) is 0 Å². The summed E-state index contributed by atoms with van der Waals surface area (Å²) in [5.41, 5.74) is 7.66. The van der Waals surface area contributed by atoms with Gasteiger partial charge in [-0.2, -0.15) is 0 Å². The summed E-state index contributed by atoms with van der Waals surface area (Å²) in [5, 5.41) is 0. The molecule has 0 amide bonds. The van der Waals surface area contributed by atoms with Gasteiger partial charge < -0.3 is 14.2 Å². The van der Waals surface area contributed by atoms with Crippen molar-refractivity contribution in [3.8, 4) is 11.5 Å². The van der Waals surface area contributed by atoms with E-state index in [9.17, 15) is 9.59 Å². The van der Waals surface area contributed by atoms with Crippen molar-refractivity contribution < 1.29 is 23.8 Å². The number of carbonyl (C=O) groups excluding carboxylic acids is 2. The minimum atomic E-state index is -0.299. The first-order valence-corrected chi connectivity index (χ1v) is 13.5. The number of hydrogen-bond acceptors (Lipinski definition) is 5. The molecule has 4 aromatic rings. The van der Waals surface area contributed by atoms with E-state index in [2.05, 4.69) is 6.07 Å². The molecular formula is C35H32O5. The highest BCUT2D eigenvalue weighted by Gasteiger charge is 2.20. The molecule has 0 spiro atoms. The minimum Gasteiger partial charge on any atom is -0.489 e. The van der Waals surface area contributed by atoms with Gasteiger partial charge in [0.1, 0.15) is 24.7 Å². The highest BCUT2D eigenvalue weighted by Crippen LogP contribution is 2.34. The predicted molar refractivity (Wildman–Crippen MR) is 155 cm³/mol. The molecule has 0 N–H and O–H groups in total. The van der Waals surface area contributed by atoms with Crippen LogP contribution in [0, 0.1) is 0 Å². The van der Waals surface area contributed by atoms with Gasteiger partial charge in [-0.3, -0.25) is 4.79 Å². The van der Waals surface area contributed by atoms with Gasteiger partial charge in [0.05, 0.1) is 7.11 Å². The Balaban J connectivity index is 0.000000164. The molecule has 0 saturated heterocycles. The first-order valence-electron chi connectivity index (χ1n) is 13.5. The van der Waals surface area contributed by atoms with Crippen LogP contribution in [0.4, 0.5) is 0 Å². The van der Waals surface area contributed by atoms with Crippen LogP contribution in [0.5, 0.6) is 11.5 Å². The van der Waals surface area contributed by atoms with E-state index in [1.54, 1.807) is 6.08 Å². The number of ketones is 1. The summed E-state index contributed by atoms with van der Waals surface area (Å²) >= 11 is 0. The molecule has 0 aliphatic heterocycles. The number of aryl methyl sites for hydroxylation is 2. The fraction of sp³-hybridized carbons (Fsp3) is 0.200. The zero-order chi connectivity index (χ0) is 27.7.